The molecule has 1 aliphatic carbocycles. The summed E-state index contributed by atoms with van der Waals surface area (Å²) in [5.74, 6) is 1.08. The molecule has 0 radical (unpaired) electrons. The van der Waals surface area contributed by atoms with Gasteiger partial charge in [-0.15, -0.1) is 0 Å². The van der Waals surface area contributed by atoms with Gasteiger partial charge < -0.3 is 0 Å². The van der Waals surface area contributed by atoms with E-state index in [0.717, 1.165) is 31.3 Å². The molecule has 1 rings (SSSR count). The summed E-state index contributed by atoms with van der Waals surface area (Å²) in [5, 5.41) is 0. The molecule has 0 amide bonds. The quantitative estimate of drug-likeness (QED) is 0.471. The molecule has 1 aliphatic rings. The van der Waals surface area contributed by atoms with Gasteiger partial charge in [-0.05, 0) is 64.4 Å². The lowest BCUT2D eigenvalue weighted by Gasteiger charge is -2.21. The summed E-state index contributed by atoms with van der Waals surface area (Å²) in [6, 6.07) is 0. The van der Waals surface area contributed by atoms with E-state index in [1.54, 1.807) is 6.08 Å². The summed E-state index contributed by atoms with van der Waals surface area (Å²) >= 11 is 0. The molecule has 0 saturated carbocycles. The number of hydrogen-bond donors (Lipinski definition) is 0. The zero-order chi connectivity index (χ0) is 15.8. The van der Waals surface area contributed by atoms with Crippen LogP contribution in [-0.4, -0.2) is 5.78 Å². The Labute approximate surface area is 130 Å². The van der Waals surface area contributed by atoms with Crippen LogP contribution in [0.2, 0.25) is 0 Å². The number of rotatable bonds is 4. The lowest BCUT2D eigenvalue weighted by atomic mass is 9.84. The Bertz CT molecular complexity index is 458. The van der Waals surface area contributed by atoms with E-state index >= 15 is 0 Å². The zero-order valence-electron chi connectivity index (χ0n) is 14.1. The maximum absolute atomic E-state index is 12.0. The molecular weight excluding hydrogens is 256 g/mol. The molecule has 21 heavy (non-hydrogen) atoms. The average molecular weight is 286 g/mol. The van der Waals surface area contributed by atoms with Gasteiger partial charge in [0.15, 0.2) is 5.78 Å². The first-order valence-electron chi connectivity index (χ1n) is 8.08. The highest BCUT2D eigenvalue weighted by atomic mass is 16.1. The Hall–Kier alpha value is -1.37. The predicted molar refractivity (Wildman–Crippen MR) is 92.2 cm³/mol. The fraction of sp³-hybridized carbons (Fsp3) is 0.550. The minimum absolute atomic E-state index is 0.249. The van der Waals surface area contributed by atoms with E-state index in [-0.39, 0.29) is 5.78 Å². The Balaban J connectivity index is 2.74. The molecule has 0 unspecified atom stereocenters. The van der Waals surface area contributed by atoms with Crippen molar-refractivity contribution in [3.05, 3.63) is 47.6 Å². The van der Waals surface area contributed by atoms with Crippen molar-refractivity contribution in [2.75, 3.05) is 0 Å². The van der Waals surface area contributed by atoms with E-state index in [1.165, 1.54) is 11.1 Å². The van der Waals surface area contributed by atoms with E-state index in [2.05, 4.69) is 38.7 Å². The van der Waals surface area contributed by atoms with Gasteiger partial charge in [-0.25, -0.2) is 0 Å². The van der Waals surface area contributed by atoms with Crippen LogP contribution in [0.25, 0.3) is 0 Å². The molecule has 0 fully saturated rings. The molecule has 0 aromatic carbocycles. The summed E-state index contributed by atoms with van der Waals surface area (Å²) in [4.78, 5) is 12.0. The first kappa shape index (κ1) is 17.7. The molecule has 0 spiro atoms. The van der Waals surface area contributed by atoms with E-state index in [1.807, 2.05) is 13.8 Å². The van der Waals surface area contributed by atoms with Gasteiger partial charge in [0, 0.05) is 6.42 Å². The van der Waals surface area contributed by atoms with Crippen LogP contribution in [0, 0.1) is 11.8 Å². The fourth-order valence-electron chi connectivity index (χ4n) is 2.76. The van der Waals surface area contributed by atoms with Crippen molar-refractivity contribution < 1.29 is 4.79 Å². The van der Waals surface area contributed by atoms with Crippen molar-refractivity contribution in [1.29, 1.82) is 0 Å². The van der Waals surface area contributed by atoms with Crippen molar-refractivity contribution >= 4 is 5.78 Å². The Morgan fingerprint density at radius 3 is 2.81 bits per heavy atom. The summed E-state index contributed by atoms with van der Waals surface area (Å²) in [7, 11) is 0. The molecule has 0 aliphatic heterocycles. The normalized spacial score (nSPS) is 25.4. The van der Waals surface area contributed by atoms with Crippen LogP contribution in [-0.2, 0) is 4.79 Å². The van der Waals surface area contributed by atoms with Gasteiger partial charge in [0.05, 0.1) is 0 Å². The Kier molecular flexibility index (Phi) is 7.42. The van der Waals surface area contributed by atoms with Crippen LogP contribution in [0.1, 0.15) is 59.8 Å². The lowest BCUT2D eigenvalue weighted by molar-refractivity contribution is -0.115. The van der Waals surface area contributed by atoms with E-state index in [9.17, 15) is 4.79 Å². The van der Waals surface area contributed by atoms with Crippen molar-refractivity contribution in [2.45, 2.75) is 59.8 Å². The molecule has 0 bridgehead atoms. The molecule has 116 valence electrons. The summed E-state index contributed by atoms with van der Waals surface area (Å²) in [6.45, 7) is 12.5. The van der Waals surface area contributed by atoms with Crippen molar-refractivity contribution in [1.82, 2.24) is 0 Å². The van der Waals surface area contributed by atoms with Crippen LogP contribution >= 0.6 is 0 Å². The summed E-state index contributed by atoms with van der Waals surface area (Å²) in [5.41, 5.74) is 3.74. The largest absolute Gasteiger partial charge is 0.295 e. The molecule has 0 saturated heterocycles. The maximum atomic E-state index is 12.0. The van der Waals surface area contributed by atoms with E-state index in [4.69, 9.17) is 0 Å². The second-order valence-electron chi connectivity index (χ2n) is 6.68. The van der Waals surface area contributed by atoms with Gasteiger partial charge in [-0.2, -0.15) is 0 Å². The van der Waals surface area contributed by atoms with E-state index in [0.29, 0.717) is 18.3 Å². The number of carbonyl (C=O) groups excluding carboxylic acids is 1. The number of hydrogen-bond acceptors (Lipinski definition) is 1. The summed E-state index contributed by atoms with van der Waals surface area (Å²) in [6.07, 6.45) is 13.6. The Morgan fingerprint density at radius 2 is 2.14 bits per heavy atom. The van der Waals surface area contributed by atoms with Crippen LogP contribution in [0.5, 0.6) is 0 Å². The van der Waals surface area contributed by atoms with Gasteiger partial charge >= 0.3 is 0 Å². The van der Waals surface area contributed by atoms with Gasteiger partial charge in [-0.3, -0.25) is 4.79 Å². The second-order valence-corrected chi connectivity index (χ2v) is 6.68. The average Bonchev–Trinajstić information content (AvgIpc) is 2.37. The number of allylic oxidation sites excluding steroid dienone is 7. The molecule has 1 heteroatoms. The predicted octanol–water partition coefficient (Wildman–Crippen LogP) is 5.80. The van der Waals surface area contributed by atoms with Gasteiger partial charge in [0.2, 0.25) is 0 Å². The third-order valence-corrected chi connectivity index (χ3v) is 4.11. The third-order valence-electron chi connectivity index (χ3n) is 4.11. The highest BCUT2D eigenvalue weighted by Crippen LogP contribution is 2.27. The molecule has 0 aromatic rings. The van der Waals surface area contributed by atoms with Crippen LogP contribution in [0.3, 0.4) is 0 Å². The van der Waals surface area contributed by atoms with Crippen LogP contribution in [0.4, 0.5) is 0 Å². The van der Waals surface area contributed by atoms with Crippen LogP contribution in [0.15, 0.2) is 47.6 Å². The standard InChI is InChI=1S/C20H30O/c1-15(2)13-20(21)14-18(5)19-11-9-16(3)7-6-8-17(4)10-12-19/h8-9,11,13,18-19H,3,6-7,10,12,14H2,1-2,4-5H3/b11-9+,17-8+/t18-,19-/m1/s1. The molecule has 0 N–H and O–H groups in total. The van der Waals surface area contributed by atoms with Gasteiger partial charge in [-0.1, -0.05) is 48.5 Å². The lowest BCUT2D eigenvalue weighted by Crippen LogP contribution is -2.14. The summed E-state index contributed by atoms with van der Waals surface area (Å²) < 4.78 is 0. The topological polar surface area (TPSA) is 17.1 Å². The smallest absolute Gasteiger partial charge is 0.155 e. The van der Waals surface area contributed by atoms with Gasteiger partial charge in [0.1, 0.15) is 0 Å². The van der Waals surface area contributed by atoms with Crippen molar-refractivity contribution in [2.24, 2.45) is 11.8 Å². The molecule has 0 aromatic heterocycles. The maximum Gasteiger partial charge on any atom is 0.155 e. The zero-order valence-corrected chi connectivity index (χ0v) is 14.1. The SMILES string of the molecule is C=C1/C=C/[C@@H]([C@H](C)CC(=O)C=C(C)C)CC/C(C)=C/CC1. The first-order chi connectivity index (χ1) is 9.88. The minimum Gasteiger partial charge on any atom is -0.295 e. The first-order valence-corrected chi connectivity index (χ1v) is 8.08. The highest BCUT2D eigenvalue weighted by Gasteiger charge is 2.17. The monoisotopic (exact) mass is 286 g/mol. The second kappa shape index (κ2) is 8.81. The highest BCUT2D eigenvalue weighted by molar-refractivity contribution is 5.90. The van der Waals surface area contributed by atoms with Crippen LogP contribution < -0.4 is 0 Å². The minimum atomic E-state index is 0.249. The Morgan fingerprint density at radius 1 is 1.43 bits per heavy atom. The fourth-order valence-corrected chi connectivity index (χ4v) is 2.76. The third kappa shape index (κ3) is 7.27. The molecule has 2 atom stereocenters. The van der Waals surface area contributed by atoms with Crippen molar-refractivity contribution in [3.8, 4) is 0 Å². The van der Waals surface area contributed by atoms with Gasteiger partial charge in [0.25, 0.3) is 0 Å². The number of ketones is 1. The molecule has 0 heterocycles. The van der Waals surface area contributed by atoms with Crippen molar-refractivity contribution in [3.63, 3.8) is 0 Å². The number of carbonyl (C=O) groups is 1. The molecular formula is C20H30O. The van der Waals surface area contributed by atoms with E-state index < -0.39 is 0 Å². The molecule has 1 nitrogen and oxygen atoms in total.